The predicted octanol–water partition coefficient (Wildman–Crippen LogP) is 0.803. The summed E-state index contributed by atoms with van der Waals surface area (Å²) in [5.74, 6) is 0.0509. The Kier molecular flexibility index (Phi) is 2.73. The van der Waals surface area contributed by atoms with Gasteiger partial charge in [0.1, 0.15) is 5.60 Å². The van der Waals surface area contributed by atoms with Gasteiger partial charge in [-0.2, -0.15) is 0 Å². The second-order valence-corrected chi connectivity index (χ2v) is 3.93. The summed E-state index contributed by atoms with van der Waals surface area (Å²) < 4.78 is 0. The quantitative estimate of drug-likeness (QED) is 0.573. The van der Waals surface area contributed by atoms with E-state index in [1.165, 1.54) is 0 Å². The van der Waals surface area contributed by atoms with Crippen molar-refractivity contribution in [3.63, 3.8) is 0 Å². The number of carbonyl (C=O) groups excluding carboxylic acids is 1. The molecule has 0 aliphatic heterocycles. The first kappa shape index (κ1) is 9.52. The Morgan fingerprint density at radius 3 is 2.75 bits per heavy atom. The van der Waals surface area contributed by atoms with E-state index < -0.39 is 11.5 Å². The van der Waals surface area contributed by atoms with E-state index in [9.17, 15) is 9.90 Å². The highest BCUT2D eigenvalue weighted by Crippen LogP contribution is 2.29. The Bertz CT molecular complexity index is 181. The van der Waals surface area contributed by atoms with Crippen LogP contribution in [-0.2, 0) is 4.79 Å². The molecule has 1 aliphatic carbocycles. The van der Waals surface area contributed by atoms with Crippen molar-refractivity contribution in [2.75, 3.05) is 0 Å². The van der Waals surface area contributed by atoms with Gasteiger partial charge in [0.25, 0.3) is 0 Å². The summed E-state index contributed by atoms with van der Waals surface area (Å²) in [5.41, 5.74) is 3.91. The van der Waals surface area contributed by atoms with E-state index in [2.05, 4.69) is 6.92 Å². The third-order valence-corrected chi connectivity index (χ3v) is 2.80. The fourth-order valence-corrected chi connectivity index (χ4v) is 1.74. The van der Waals surface area contributed by atoms with Crippen molar-refractivity contribution in [2.45, 2.75) is 44.6 Å². The Hall–Kier alpha value is -0.570. The number of hydrogen-bond acceptors (Lipinski definition) is 2. The fourth-order valence-electron chi connectivity index (χ4n) is 1.74. The van der Waals surface area contributed by atoms with Crippen LogP contribution < -0.4 is 5.73 Å². The number of primary amides is 1. The van der Waals surface area contributed by atoms with Crippen molar-refractivity contribution in [2.24, 2.45) is 11.7 Å². The molecule has 1 rings (SSSR count). The molecule has 3 nitrogen and oxygen atoms in total. The van der Waals surface area contributed by atoms with Crippen molar-refractivity contribution in [3.05, 3.63) is 0 Å². The Balaban J connectivity index is 2.61. The van der Waals surface area contributed by atoms with E-state index in [-0.39, 0.29) is 0 Å². The standard InChI is InChI=1S/C9H17NO2/c1-7-3-2-5-9(12,6-4-7)8(10)11/h7,12H,2-6H2,1H3,(H2,10,11). The fraction of sp³-hybridized carbons (Fsp3) is 0.889. The van der Waals surface area contributed by atoms with Gasteiger partial charge in [0.2, 0.25) is 5.91 Å². The average Bonchev–Trinajstić information content (AvgIpc) is 2.15. The minimum atomic E-state index is -1.22. The lowest BCUT2D eigenvalue weighted by Gasteiger charge is -2.21. The summed E-state index contributed by atoms with van der Waals surface area (Å²) in [4.78, 5) is 10.9. The molecule has 2 unspecified atom stereocenters. The topological polar surface area (TPSA) is 63.3 Å². The zero-order valence-corrected chi connectivity index (χ0v) is 7.55. The summed E-state index contributed by atoms with van der Waals surface area (Å²) in [6.07, 6.45) is 3.96. The van der Waals surface area contributed by atoms with Crippen LogP contribution in [0.3, 0.4) is 0 Å². The second-order valence-electron chi connectivity index (χ2n) is 3.93. The molecule has 0 aromatic rings. The maximum absolute atomic E-state index is 10.9. The number of rotatable bonds is 1. The van der Waals surface area contributed by atoms with Crippen LogP contribution in [0.15, 0.2) is 0 Å². The number of hydrogen-bond donors (Lipinski definition) is 2. The normalized spacial score (nSPS) is 37.3. The third-order valence-electron chi connectivity index (χ3n) is 2.80. The van der Waals surface area contributed by atoms with Gasteiger partial charge in [0.15, 0.2) is 0 Å². The second kappa shape index (κ2) is 3.44. The first-order valence-corrected chi connectivity index (χ1v) is 4.57. The van der Waals surface area contributed by atoms with Gasteiger partial charge >= 0.3 is 0 Å². The molecular formula is C9H17NO2. The zero-order chi connectivity index (χ0) is 9.19. The van der Waals surface area contributed by atoms with Crippen molar-refractivity contribution in [1.29, 1.82) is 0 Å². The molecule has 0 saturated heterocycles. The van der Waals surface area contributed by atoms with Gasteiger partial charge in [-0.05, 0) is 31.6 Å². The summed E-state index contributed by atoms with van der Waals surface area (Å²) in [7, 11) is 0. The van der Waals surface area contributed by atoms with Crippen LogP contribution >= 0.6 is 0 Å². The van der Waals surface area contributed by atoms with Gasteiger partial charge in [-0.1, -0.05) is 13.3 Å². The molecule has 1 amide bonds. The highest BCUT2D eigenvalue weighted by molar-refractivity contribution is 5.83. The summed E-state index contributed by atoms with van der Waals surface area (Å²) >= 11 is 0. The number of nitrogens with two attached hydrogens (primary N) is 1. The average molecular weight is 171 g/mol. The van der Waals surface area contributed by atoms with Gasteiger partial charge < -0.3 is 10.8 Å². The maximum atomic E-state index is 10.9. The molecule has 12 heavy (non-hydrogen) atoms. The van der Waals surface area contributed by atoms with Gasteiger partial charge in [0.05, 0.1) is 0 Å². The summed E-state index contributed by atoms with van der Waals surface area (Å²) in [6.45, 7) is 2.15. The number of aliphatic hydroxyl groups is 1. The lowest BCUT2D eigenvalue weighted by atomic mass is 9.93. The van der Waals surface area contributed by atoms with Crippen LogP contribution in [0.2, 0.25) is 0 Å². The monoisotopic (exact) mass is 171 g/mol. The molecule has 1 saturated carbocycles. The molecule has 70 valence electrons. The molecule has 2 atom stereocenters. The van der Waals surface area contributed by atoms with Crippen LogP contribution in [-0.4, -0.2) is 16.6 Å². The Morgan fingerprint density at radius 1 is 1.50 bits per heavy atom. The molecule has 0 aromatic heterocycles. The van der Waals surface area contributed by atoms with Crippen LogP contribution in [0.1, 0.15) is 39.0 Å². The summed E-state index contributed by atoms with van der Waals surface area (Å²) in [6, 6.07) is 0. The minimum Gasteiger partial charge on any atom is -0.380 e. The maximum Gasteiger partial charge on any atom is 0.249 e. The molecule has 0 heterocycles. The molecular weight excluding hydrogens is 154 g/mol. The van der Waals surface area contributed by atoms with E-state index in [4.69, 9.17) is 5.73 Å². The van der Waals surface area contributed by atoms with Crippen molar-refractivity contribution >= 4 is 5.91 Å². The van der Waals surface area contributed by atoms with E-state index in [0.29, 0.717) is 18.8 Å². The van der Waals surface area contributed by atoms with E-state index >= 15 is 0 Å². The minimum absolute atomic E-state index is 0.531. The Morgan fingerprint density at radius 2 is 2.17 bits per heavy atom. The van der Waals surface area contributed by atoms with Crippen molar-refractivity contribution in [1.82, 2.24) is 0 Å². The molecule has 0 bridgehead atoms. The van der Waals surface area contributed by atoms with Gasteiger partial charge in [0, 0.05) is 0 Å². The van der Waals surface area contributed by atoms with Crippen molar-refractivity contribution in [3.8, 4) is 0 Å². The van der Waals surface area contributed by atoms with Crippen molar-refractivity contribution < 1.29 is 9.90 Å². The molecule has 3 heteroatoms. The van der Waals surface area contributed by atoms with Crippen LogP contribution in [0.25, 0.3) is 0 Å². The van der Waals surface area contributed by atoms with Crippen LogP contribution in [0, 0.1) is 5.92 Å². The largest absolute Gasteiger partial charge is 0.380 e. The first-order valence-electron chi connectivity index (χ1n) is 4.57. The van der Waals surface area contributed by atoms with Crippen LogP contribution in [0.4, 0.5) is 0 Å². The Labute approximate surface area is 72.9 Å². The first-order chi connectivity index (χ1) is 5.54. The highest BCUT2D eigenvalue weighted by Gasteiger charge is 2.35. The smallest absolute Gasteiger partial charge is 0.249 e. The lowest BCUT2D eigenvalue weighted by molar-refractivity contribution is -0.137. The lowest BCUT2D eigenvalue weighted by Crippen LogP contribution is -2.43. The molecule has 0 spiro atoms. The molecule has 1 aliphatic rings. The molecule has 3 N–H and O–H groups in total. The van der Waals surface area contributed by atoms with E-state index in [1.807, 2.05) is 0 Å². The predicted molar refractivity (Wildman–Crippen MR) is 46.4 cm³/mol. The zero-order valence-electron chi connectivity index (χ0n) is 7.55. The molecule has 0 aromatic carbocycles. The molecule has 0 radical (unpaired) electrons. The number of amides is 1. The van der Waals surface area contributed by atoms with Gasteiger partial charge in [-0.3, -0.25) is 4.79 Å². The number of carbonyl (C=O) groups is 1. The van der Waals surface area contributed by atoms with E-state index in [0.717, 1.165) is 19.3 Å². The highest BCUT2D eigenvalue weighted by atomic mass is 16.3. The SMILES string of the molecule is CC1CCCC(O)(C(N)=O)CC1. The van der Waals surface area contributed by atoms with Gasteiger partial charge in [-0.15, -0.1) is 0 Å². The van der Waals surface area contributed by atoms with Crippen LogP contribution in [0.5, 0.6) is 0 Å². The third kappa shape index (κ3) is 1.97. The summed E-state index contributed by atoms with van der Waals surface area (Å²) in [5, 5.41) is 9.77. The molecule has 1 fully saturated rings. The van der Waals surface area contributed by atoms with Gasteiger partial charge in [-0.25, -0.2) is 0 Å². The van der Waals surface area contributed by atoms with E-state index in [1.54, 1.807) is 0 Å².